The van der Waals surface area contributed by atoms with E-state index in [1.807, 2.05) is 4.98 Å². The number of aromatic amines is 1. The molecular formula is C7H8N2O4. The van der Waals surface area contributed by atoms with Gasteiger partial charge in [0.25, 0.3) is 5.56 Å². The first-order chi connectivity index (χ1) is 6.06. The van der Waals surface area contributed by atoms with Gasteiger partial charge in [-0.1, -0.05) is 0 Å². The maximum atomic E-state index is 11.0. The van der Waals surface area contributed by atoms with Crippen LogP contribution in [0.4, 0.5) is 0 Å². The number of nitrogens with zero attached hydrogens (tertiary/aromatic N) is 1. The van der Waals surface area contributed by atoms with Crippen molar-refractivity contribution in [1.82, 2.24) is 9.55 Å². The number of esters is 1. The molecule has 0 unspecified atom stereocenters. The number of hydrogen-bond acceptors (Lipinski definition) is 4. The summed E-state index contributed by atoms with van der Waals surface area (Å²) in [4.78, 5) is 34.8. The van der Waals surface area contributed by atoms with Gasteiger partial charge in [-0.2, -0.15) is 0 Å². The summed E-state index contributed by atoms with van der Waals surface area (Å²) in [5.74, 6) is -0.767. The van der Waals surface area contributed by atoms with Crippen LogP contribution in [0.1, 0.15) is 10.4 Å². The summed E-state index contributed by atoms with van der Waals surface area (Å²) in [7, 11) is 2.58. The minimum atomic E-state index is -0.767. The van der Waals surface area contributed by atoms with Gasteiger partial charge in [-0.05, 0) is 0 Å². The van der Waals surface area contributed by atoms with Gasteiger partial charge in [0.05, 0.1) is 7.11 Å². The summed E-state index contributed by atoms with van der Waals surface area (Å²) in [6.45, 7) is 0. The predicted octanol–water partition coefficient (Wildman–Crippen LogP) is -1.14. The lowest BCUT2D eigenvalue weighted by Gasteiger charge is -1.99. The summed E-state index contributed by atoms with van der Waals surface area (Å²) in [5.41, 5.74) is -1.50. The molecule has 1 N–H and O–H groups in total. The molecule has 13 heavy (non-hydrogen) atoms. The molecule has 0 atom stereocenters. The standard InChI is InChI=1S/C7H8N2O4/c1-9-3-4(6(11)13-2)5(10)8-7(9)12/h3H,1-2H3,(H,8,10,12). The van der Waals surface area contributed by atoms with Gasteiger partial charge in [-0.15, -0.1) is 0 Å². The molecule has 70 valence electrons. The Bertz CT molecular complexity index is 443. The van der Waals surface area contributed by atoms with Gasteiger partial charge in [0, 0.05) is 13.2 Å². The van der Waals surface area contributed by atoms with Crippen LogP contribution in [-0.2, 0) is 11.8 Å². The maximum absolute atomic E-state index is 11.0. The molecule has 0 aliphatic heterocycles. The minimum absolute atomic E-state index is 0.190. The Morgan fingerprint density at radius 3 is 2.69 bits per heavy atom. The molecule has 1 heterocycles. The van der Waals surface area contributed by atoms with Crippen LogP contribution in [0.2, 0.25) is 0 Å². The first kappa shape index (κ1) is 9.24. The zero-order valence-electron chi connectivity index (χ0n) is 7.16. The molecule has 1 aromatic rings. The predicted molar refractivity (Wildman–Crippen MR) is 43.6 cm³/mol. The monoisotopic (exact) mass is 184 g/mol. The fourth-order valence-electron chi connectivity index (χ4n) is 0.819. The Morgan fingerprint density at radius 2 is 2.15 bits per heavy atom. The topological polar surface area (TPSA) is 81.2 Å². The van der Waals surface area contributed by atoms with Crippen molar-refractivity contribution in [2.24, 2.45) is 7.05 Å². The molecule has 0 aliphatic carbocycles. The highest BCUT2D eigenvalue weighted by Gasteiger charge is 2.11. The molecule has 1 aromatic heterocycles. The zero-order chi connectivity index (χ0) is 10.0. The van der Waals surface area contributed by atoms with Gasteiger partial charge in [0.2, 0.25) is 0 Å². The summed E-state index contributed by atoms with van der Waals surface area (Å²) in [6, 6.07) is 0. The van der Waals surface area contributed by atoms with Crippen LogP contribution >= 0.6 is 0 Å². The first-order valence-electron chi connectivity index (χ1n) is 3.44. The van der Waals surface area contributed by atoms with E-state index in [4.69, 9.17) is 0 Å². The van der Waals surface area contributed by atoms with Gasteiger partial charge in [0.15, 0.2) is 0 Å². The number of carbonyl (C=O) groups is 1. The highest BCUT2D eigenvalue weighted by Crippen LogP contribution is 1.88. The van der Waals surface area contributed by atoms with Gasteiger partial charge in [-0.3, -0.25) is 9.78 Å². The smallest absolute Gasteiger partial charge is 0.345 e. The zero-order valence-corrected chi connectivity index (χ0v) is 7.16. The van der Waals surface area contributed by atoms with E-state index in [1.165, 1.54) is 7.05 Å². The average molecular weight is 184 g/mol. The maximum Gasteiger partial charge on any atom is 0.345 e. The first-order valence-corrected chi connectivity index (χ1v) is 3.44. The van der Waals surface area contributed by atoms with Crippen molar-refractivity contribution >= 4 is 5.97 Å². The van der Waals surface area contributed by atoms with Crippen molar-refractivity contribution in [2.45, 2.75) is 0 Å². The van der Waals surface area contributed by atoms with Gasteiger partial charge >= 0.3 is 11.7 Å². The van der Waals surface area contributed by atoms with E-state index in [9.17, 15) is 14.4 Å². The molecule has 1 rings (SSSR count). The number of aryl methyl sites for hydroxylation is 1. The minimum Gasteiger partial charge on any atom is -0.465 e. The molecule has 0 amide bonds. The van der Waals surface area contributed by atoms with Crippen molar-refractivity contribution < 1.29 is 9.53 Å². The fourth-order valence-corrected chi connectivity index (χ4v) is 0.819. The summed E-state index contributed by atoms with van der Waals surface area (Å²) in [5, 5.41) is 0. The molecule has 6 heteroatoms. The third-order valence-electron chi connectivity index (χ3n) is 1.51. The van der Waals surface area contributed by atoms with Crippen LogP contribution in [0.3, 0.4) is 0 Å². The lowest BCUT2D eigenvalue weighted by atomic mass is 10.3. The molecule has 0 aliphatic rings. The summed E-state index contributed by atoms with van der Waals surface area (Å²) in [6.07, 6.45) is 1.13. The Labute approximate surface area is 72.8 Å². The molecule has 6 nitrogen and oxygen atoms in total. The van der Waals surface area contributed by atoms with Crippen LogP contribution in [0.15, 0.2) is 15.8 Å². The van der Waals surface area contributed by atoms with Crippen molar-refractivity contribution in [3.63, 3.8) is 0 Å². The normalized spacial score (nSPS) is 9.69. The largest absolute Gasteiger partial charge is 0.465 e. The Balaban J connectivity index is 3.41. The van der Waals surface area contributed by atoms with Crippen molar-refractivity contribution in [1.29, 1.82) is 0 Å². The number of rotatable bonds is 1. The van der Waals surface area contributed by atoms with Crippen LogP contribution in [0, 0.1) is 0 Å². The number of ether oxygens (including phenoxy) is 1. The molecule has 0 saturated carbocycles. The molecular weight excluding hydrogens is 176 g/mol. The van der Waals surface area contributed by atoms with Gasteiger partial charge in [-0.25, -0.2) is 9.59 Å². The van der Waals surface area contributed by atoms with Gasteiger partial charge < -0.3 is 9.30 Å². The fraction of sp³-hybridized carbons (Fsp3) is 0.286. The number of aromatic nitrogens is 2. The quantitative estimate of drug-likeness (QED) is 0.559. The second-order valence-electron chi connectivity index (χ2n) is 2.40. The highest BCUT2D eigenvalue weighted by atomic mass is 16.5. The Morgan fingerprint density at radius 1 is 1.54 bits per heavy atom. The average Bonchev–Trinajstić information content (AvgIpc) is 2.10. The number of H-pyrrole nitrogens is 1. The number of nitrogens with one attached hydrogen (secondary N) is 1. The second kappa shape index (κ2) is 3.26. The molecule has 0 aromatic carbocycles. The second-order valence-corrected chi connectivity index (χ2v) is 2.40. The van der Waals surface area contributed by atoms with Crippen LogP contribution in [0.25, 0.3) is 0 Å². The third kappa shape index (κ3) is 1.66. The molecule has 0 bridgehead atoms. The van der Waals surface area contributed by atoms with E-state index in [1.54, 1.807) is 0 Å². The van der Waals surface area contributed by atoms with E-state index in [0.29, 0.717) is 0 Å². The van der Waals surface area contributed by atoms with Crippen LogP contribution < -0.4 is 11.2 Å². The lowest BCUT2D eigenvalue weighted by molar-refractivity contribution is 0.0597. The lowest BCUT2D eigenvalue weighted by Crippen LogP contribution is -2.32. The highest BCUT2D eigenvalue weighted by molar-refractivity contribution is 5.88. The molecule has 0 fully saturated rings. The third-order valence-corrected chi connectivity index (χ3v) is 1.51. The van der Waals surface area contributed by atoms with Gasteiger partial charge in [0.1, 0.15) is 5.56 Å². The number of methoxy groups -OCH3 is 1. The Hall–Kier alpha value is -1.85. The van der Waals surface area contributed by atoms with E-state index < -0.39 is 17.2 Å². The van der Waals surface area contributed by atoms with E-state index in [0.717, 1.165) is 17.9 Å². The molecule has 0 spiro atoms. The number of hydrogen-bond donors (Lipinski definition) is 1. The van der Waals surface area contributed by atoms with Crippen molar-refractivity contribution in [3.8, 4) is 0 Å². The van der Waals surface area contributed by atoms with Crippen LogP contribution in [-0.4, -0.2) is 22.6 Å². The van der Waals surface area contributed by atoms with E-state index >= 15 is 0 Å². The summed E-state index contributed by atoms with van der Waals surface area (Å²) < 4.78 is 5.43. The van der Waals surface area contributed by atoms with E-state index in [2.05, 4.69) is 4.74 Å². The SMILES string of the molecule is COC(=O)c1cn(C)c(=O)[nH]c1=O. The molecule has 0 radical (unpaired) electrons. The molecule has 0 saturated heterocycles. The van der Waals surface area contributed by atoms with Crippen molar-refractivity contribution in [2.75, 3.05) is 7.11 Å². The van der Waals surface area contributed by atoms with E-state index in [-0.39, 0.29) is 5.56 Å². The summed E-state index contributed by atoms with van der Waals surface area (Å²) >= 11 is 0. The van der Waals surface area contributed by atoms with Crippen molar-refractivity contribution in [3.05, 3.63) is 32.6 Å². The number of carbonyl (C=O) groups excluding carboxylic acids is 1. The Kier molecular flexibility index (Phi) is 2.32. The van der Waals surface area contributed by atoms with Crippen LogP contribution in [0.5, 0.6) is 0 Å².